The summed E-state index contributed by atoms with van der Waals surface area (Å²) in [5.74, 6) is -0.267. The Hall–Kier alpha value is -1.35. The van der Waals surface area contributed by atoms with Crippen LogP contribution in [0, 0.1) is 6.92 Å². The molecule has 1 saturated heterocycles. The number of methoxy groups -OCH3 is 1. The van der Waals surface area contributed by atoms with E-state index < -0.39 is 0 Å². The largest absolute Gasteiger partial charge is 0.465 e. The number of piperidine rings is 1. The number of carbonyl (C=O) groups excluding carboxylic acids is 1. The molecule has 1 atom stereocenters. The summed E-state index contributed by atoms with van der Waals surface area (Å²) >= 11 is 0. The van der Waals surface area contributed by atoms with Crippen molar-refractivity contribution in [3.8, 4) is 0 Å². The van der Waals surface area contributed by atoms with E-state index in [1.54, 1.807) is 0 Å². The van der Waals surface area contributed by atoms with Crippen molar-refractivity contribution in [2.75, 3.05) is 13.7 Å². The van der Waals surface area contributed by atoms with Gasteiger partial charge in [0.25, 0.3) is 0 Å². The number of rotatable bonds is 2. The molecule has 1 aliphatic rings. The van der Waals surface area contributed by atoms with Crippen molar-refractivity contribution in [1.82, 2.24) is 5.32 Å². The quantitative estimate of drug-likeness (QED) is 0.798. The van der Waals surface area contributed by atoms with Crippen LogP contribution in [0.2, 0.25) is 0 Å². The third-order valence-corrected chi connectivity index (χ3v) is 3.38. The van der Waals surface area contributed by atoms with Gasteiger partial charge < -0.3 is 10.1 Å². The third-order valence-electron chi connectivity index (χ3n) is 3.38. The predicted octanol–water partition coefficient (Wildman–Crippen LogP) is 2.60. The SMILES string of the molecule is COC(=O)c1ccc(C2CCCCN2)c(C)c1. The Kier molecular flexibility index (Phi) is 3.79. The zero-order chi connectivity index (χ0) is 12.3. The molecule has 17 heavy (non-hydrogen) atoms. The van der Waals surface area contributed by atoms with E-state index in [4.69, 9.17) is 4.74 Å². The van der Waals surface area contributed by atoms with Crippen molar-refractivity contribution in [2.24, 2.45) is 0 Å². The molecule has 3 nitrogen and oxygen atoms in total. The van der Waals surface area contributed by atoms with Crippen LogP contribution >= 0.6 is 0 Å². The Morgan fingerprint density at radius 3 is 2.82 bits per heavy atom. The van der Waals surface area contributed by atoms with Crippen LogP contribution in [0.1, 0.15) is 46.8 Å². The molecule has 1 fully saturated rings. The summed E-state index contributed by atoms with van der Waals surface area (Å²) in [4.78, 5) is 11.4. The van der Waals surface area contributed by atoms with E-state index in [9.17, 15) is 4.79 Å². The first kappa shape index (κ1) is 12.1. The fourth-order valence-corrected chi connectivity index (χ4v) is 2.43. The highest BCUT2D eigenvalue weighted by atomic mass is 16.5. The van der Waals surface area contributed by atoms with Gasteiger partial charge in [0.2, 0.25) is 0 Å². The molecule has 0 saturated carbocycles. The summed E-state index contributed by atoms with van der Waals surface area (Å²) in [5.41, 5.74) is 3.09. The summed E-state index contributed by atoms with van der Waals surface area (Å²) in [6.45, 7) is 3.14. The normalized spacial score (nSPS) is 20.0. The van der Waals surface area contributed by atoms with Gasteiger partial charge in [-0.05, 0) is 49.6 Å². The van der Waals surface area contributed by atoms with Crippen molar-refractivity contribution >= 4 is 5.97 Å². The van der Waals surface area contributed by atoms with Gasteiger partial charge in [0.05, 0.1) is 12.7 Å². The molecule has 2 rings (SSSR count). The van der Waals surface area contributed by atoms with Crippen molar-refractivity contribution < 1.29 is 9.53 Å². The van der Waals surface area contributed by atoms with Crippen LogP contribution < -0.4 is 5.32 Å². The molecular formula is C14H19NO2. The second-order valence-corrected chi connectivity index (χ2v) is 4.57. The van der Waals surface area contributed by atoms with Crippen LogP contribution in [0.15, 0.2) is 18.2 Å². The van der Waals surface area contributed by atoms with E-state index in [-0.39, 0.29) is 5.97 Å². The summed E-state index contributed by atoms with van der Waals surface area (Å²) < 4.78 is 4.72. The van der Waals surface area contributed by atoms with E-state index in [2.05, 4.69) is 12.2 Å². The molecule has 1 unspecified atom stereocenters. The standard InChI is InChI=1S/C14H19NO2/c1-10-9-11(14(16)17-2)6-7-12(10)13-5-3-4-8-15-13/h6-7,9,13,15H,3-5,8H2,1-2H3. The first-order chi connectivity index (χ1) is 8.22. The van der Waals surface area contributed by atoms with Gasteiger partial charge in [-0.15, -0.1) is 0 Å². The lowest BCUT2D eigenvalue weighted by Gasteiger charge is -2.25. The summed E-state index contributed by atoms with van der Waals surface area (Å²) in [6, 6.07) is 6.25. The van der Waals surface area contributed by atoms with Gasteiger partial charge in [0.15, 0.2) is 0 Å². The molecule has 1 aromatic carbocycles. The Labute approximate surface area is 102 Å². The maximum absolute atomic E-state index is 11.4. The van der Waals surface area contributed by atoms with Crippen molar-refractivity contribution in [2.45, 2.75) is 32.2 Å². The minimum absolute atomic E-state index is 0.267. The number of ether oxygens (including phenoxy) is 1. The second-order valence-electron chi connectivity index (χ2n) is 4.57. The minimum Gasteiger partial charge on any atom is -0.465 e. The molecule has 0 amide bonds. The highest BCUT2D eigenvalue weighted by Gasteiger charge is 2.17. The molecule has 3 heteroatoms. The number of aryl methyl sites for hydroxylation is 1. The molecule has 0 bridgehead atoms. The van der Waals surface area contributed by atoms with Gasteiger partial charge in [-0.2, -0.15) is 0 Å². The number of carbonyl (C=O) groups is 1. The third kappa shape index (κ3) is 2.67. The highest BCUT2D eigenvalue weighted by Crippen LogP contribution is 2.26. The average Bonchev–Trinajstić information content (AvgIpc) is 2.38. The maximum Gasteiger partial charge on any atom is 0.337 e. The average molecular weight is 233 g/mol. The highest BCUT2D eigenvalue weighted by molar-refractivity contribution is 5.89. The number of benzene rings is 1. The lowest BCUT2D eigenvalue weighted by Crippen LogP contribution is -2.27. The fraction of sp³-hybridized carbons (Fsp3) is 0.500. The van der Waals surface area contributed by atoms with E-state index in [1.807, 2.05) is 18.2 Å². The lowest BCUT2D eigenvalue weighted by molar-refractivity contribution is 0.0600. The fourth-order valence-electron chi connectivity index (χ4n) is 2.43. The number of hydrogen-bond donors (Lipinski definition) is 1. The molecule has 0 aromatic heterocycles. The second kappa shape index (κ2) is 5.32. The van der Waals surface area contributed by atoms with Crippen LogP contribution in [0.4, 0.5) is 0 Å². The van der Waals surface area contributed by atoms with Gasteiger partial charge in [0.1, 0.15) is 0 Å². The smallest absolute Gasteiger partial charge is 0.337 e. The van der Waals surface area contributed by atoms with Crippen LogP contribution in [0.25, 0.3) is 0 Å². The Balaban J connectivity index is 2.21. The number of nitrogens with one attached hydrogen (secondary N) is 1. The summed E-state index contributed by atoms with van der Waals surface area (Å²) in [5, 5.41) is 3.52. The molecule has 0 aliphatic carbocycles. The first-order valence-corrected chi connectivity index (χ1v) is 6.14. The van der Waals surface area contributed by atoms with E-state index in [0.717, 1.165) is 12.1 Å². The van der Waals surface area contributed by atoms with Crippen molar-refractivity contribution in [3.05, 3.63) is 34.9 Å². The predicted molar refractivity (Wildman–Crippen MR) is 67.1 cm³/mol. The Morgan fingerprint density at radius 1 is 1.41 bits per heavy atom. The molecule has 1 aliphatic heterocycles. The molecule has 0 radical (unpaired) electrons. The molecule has 92 valence electrons. The first-order valence-electron chi connectivity index (χ1n) is 6.14. The number of hydrogen-bond acceptors (Lipinski definition) is 3. The maximum atomic E-state index is 11.4. The monoisotopic (exact) mass is 233 g/mol. The Bertz CT molecular complexity index is 409. The van der Waals surface area contributed by atoms with Crippen molar-refractivity contribution in [3.63, 3.8) is 0 Å². The van der Waals surface area contributed by atoms with Crippen LogP contribution in [-0.4, -0.2) is 19.6 Å². The van der Waals surface area contributed by atoms with E-state index >= 15 is 0 Å². The summed E-state index contributed by atoms with van der Waals surface area (Å²) in [6.07, 6.45) is 3.71. The minimum atomic E-state index is -0.267. The van der Waals surface area contributed by atoms with Crippen LogP contribution in [0.5, 0.6) is 0 Å². The van der Waals surface area contributed by atoms with Gasteiger partial charge >= 0.3 is 5.97 Å². The molecule has 1 N–H and O–H groups in total. The molecular weight excluding hydrogens is 214 g/mol. The van der Waals surface area contributed by atoms with Crippen LogP contribution in [-0.2, 0) is 4.74 Å². The van der Waals surface area contributed by atoms with E-state index in [1.165, 1.54) is 31.9 Å². The topological polar surface area (TPSA) is 38.3 Å². The number of esters is 1. The van der Waals surface area contributed by atoms with Gasteiger partial charge in [-0.25, -0.2) is 4.79 Å². The Morgan fingerprint density at radius 2 is 2.24 bits per heavy atom. The molecule has 1 aromatic rings. The zero-order valence-corrected chi connectivity index (χ0v) is 10.5. The van der Waals surface area contributed by atoms with E-state index in [0.29, 0.717) is 11.6 Å². The van der Waals surface area contributed by atoms with Crippen LogP contribution in [0.3, 0.4) is 0 Å². The van der Waals surface area contributed by atoms with Gasteiger partial charge in [-0.3, -0.25) is 0 Å². The van der Waals surface area contributed by atoms with Gasteiger partial charge in [-0.1, -0.05) is 12.5 Å². The molecule has 0 spiro atoms. The lowest BCUT2D eigenvalue weighted by atomic mass is 9.93. The van der Waals surface area contributed by atoms with Crippen molar-refractivity contribution in [1.29, 1.82) is 0 Å². The zero-order valence-electron chi connectivity index (χ0n) is 10.5. The molecule has 1 heterocycles. The van der Waals surface area contributed by atoms with Gasteiger partial charge in [0, 0.05) is 6.04 Å². The summed E-state index contributed by atoms with van der Waals surface area (Å²) in [7, 11) is 1.41.